The molecule has 0 fully saturated rings. The zero-order chi connectivity index (χ0) is 30.7. The van der Waals surface area contributed by atoms with Crippen LogP contribution < -0.4 is 20.1 Å². The van der Waals surface area contributed by atoms with Crippen LogP contribution in [0.4, 0.5) is 21.0 Å². The molecule has 0 radical (unpaired) electrons. The fraction of sp³-hybridized carbons (Fsp3) is 0.500. The highest BCUT2D eigenvalue weighted by atomic mass is 35.5. The van der Waals surface area contributed by atoms with Crippen LogP contribution in [-0.2, 0) is 9.47 Å². The summed E-state index contributed by atoms with van der Waals surface area (Å²) >= 11 is 24.3. The molecule has 0 saturated heterocycles. The van der Waals surface area contributed by atoms with Crippen LogP contribution in [0.25, 0.3) is 0 Å². The molecule has 8 nitrogen and oxygen atoms in total. The van der Waals surface area contributed by atoms with Crippen molar-refractivity contribution in [2.24, 2.45) is 0 Å². The Balaban J connectivity index is 0.000000402. The van der Waals surface area contributed by atoms with Gasteiger partial charge < -0.3 is 18.9 Å². The average molecular weight is 640 g/mol. The Kier molecular flexibility index (Phi) is 14.5. The van der Waals surface area contributed by atoms with Crippen molar-refractivity contribution in [1.82, 2.24) is 0 Å². The maximum absolute atomic E-state index is 11.7. The molecule has 0 aromatic heterocycles. The lowest BCUT2D eigenvalue weighted by Gasteiger charge is -2.20. The number of ether oxygens (including phenoxy) is 4. The highest BCUT2D eigenvalue weighted by molar-refractivity contribution is 6.38. The van der Waals surface area contributed by atoms with Crippen molar-refractivity contribution in [1.29, 1.82) is 0 Å². The second-order valence-electron chi connectivity index (χ2n) is 10.4. The Morgan fingerprint density at radius 3 is 1.32 bits per heavy atom. The largest absolute Gasteiger partial charge is 0.491 e. The van der Waals surface area contributed by atoms with E-state index in [-0.39, 0.29) is 0 Å². The molecule has 2 rings (SSSR count). The summed E-state index contributed by atoms with van der Waals surface area (Å²) in [7, 11) is 0. The van der Waals surface area contributed by atoms with E-state index in [9.17, 15) is 9.59 Å². The van der Waals surface area contributed by atoms with Gasteiger partial charge in [0.2, 0.25) is 0 Å². The topological polar surface area (TPSA) is 95.1 Å². The lowest BCUT2D eigenvalue weighted by Crippen LogP contribution is -2.27. The number of hydrogen-bond donors (Lipinski definition) is 2. The van der Waals surface area contributed by atoms with Gasteiger partial charge in [0.1, 0.15) is 11.2 Å². The second-order valence-corrected chi connectivity index (χ2v) is 12.1. The molecule has 40 heavy (non-hydrogen) atoms. The Labute approximate surface area is 256 Å². The van der Waals surface area contributed by atoms with Crippen LogP contribution in [0.3, 0.4) is 0 Å². The van der Waals surface area contributed by atoms with Gasteiger partial charge in [-0.15, -0.1) is 0 Å². The molecule has 12 heteroatoms. The van der Waals surface area contributed by atoms with Crippen molar-refractivity contribution >= 4 is 70.0 Å². The maximum Gasteiger partial charge on any atom is 0.412 e. The Morgan fingerprint density at radius 2 is 1.02 bits per heavy atom. The summed E-state index contributed by atoms with van der Waals surface area (Å²) in [6.07, 6.45) is 0.816. The lowest BCUT2D eigenvalue weighted by atomic mass is 10.2. The smallest absolute Gasteiger partial charge is 0.412 e. The van der Waals surface area contributed by atoms with Crippen LogP contribution >= 0.6 is 46.4 Å². The summed E-state index contributed by atoms with van der Waals surface area (Å²) in [5.74, 6) is 0.835. The van der Waals surface area contributed by atoms with E-state index in [2.05, 4.69) is 17.6 Å². The first-order chi connectivity index (χ1) is 18.5. The van der Waals surface area contributed by atoms with E-state index < -0.39 is 23.4 Å². The average Bonchev–Trinajstić information content (AvgIpc) is 2.76. The van der Waals surface area contributed by atoms with Gasteiger partial charge in [0.25, 0.3) is 0 Å². The molecule has 2 aromatic rings. The van der Waals surface area contributed by atoms with Crippen LogP contribution in [0.5, 0.6) is 11.5 Å². The molecule has 0 unspecified atom stereocenters. The van der Waals surface area contributed by atoms with Gasteiger partial charge >= 0.3 is 12.2 Å². The molecule has 0 aliphatic rings. The van der Waals surface area contributed by atoms with Crippen molar-refractivity contribution in [3.63, 3.8) is 0 Å². The van der Waals surface area contributed by atoms with Crippen LogP contribution in [0.2, 0.25) is 20.1 Å². The number of carbonyl (C=O) groups excluding carboxylic acids is 2. The predicted octanol–water partition coefficient (Wildman–Crippen LogP) is 10.3. The Hall–Kier alpha value is -2.26. The molecule has 0 spiro atoms. The minimum absolute atomic E-state index is 0.334. The molecule has 0 aliphatic heterocycles. The number of benzene rings is 2. The fourth-order valence-electron chi connectivity index (χ4n) is 2.85. The molecule has 0 aliphatic carbocycles. The van der Waals surface area contributed by atoms with Gasteiger partial charge in [0.15, 0.2) is 11.5 Å². The summed E-state index contributed by atoms with van der Waals surface area (Å²) < 4.78 is 21.1. The monoisotopic (exact) mass is 638 g/mol. The van der Waals surface area contributed by atoms with Crippen molar-refractivity contribution in [2.75, 3.05) is 23.8 Å². The summed E-state index contributed by atoms with van der Waals surface area (Å²) in [4.78, 5) is 23.3. The van der Waals surface area contributed by atoms with E-state index in [4.69, 9.17) is 65.4 Å². The van der Waals surface area contributed by atoms with E-state index in [1.165, 1.54) is 0 Å². The maximum atomic E-state index is 11.7. The minimum atomic E-state index is -0.569. The number of hydrogen-bond acceptors (Lipinski definition) is 6. The molecule has 2 amide bonds. The minimum Gasteiger partial charge on any atom is -0.491 e. The summed E-state index contributed by atoms with van der Waals surface area (Å²) in [6.45, 7) is 15.6. The van der Waals surface area contributed by atoms with Gasteiger partial charge in [0.05, 0.1) is 33.3 Å². The SMILES string of the molecule is CCCCOc1c(Cl)cc(NC(=O)OC(C)(C)C)cc1Cl.CCOc1c(Cl)cc(NC(=O)OC(C)(C)C)cc1Cl. The molecular formula is C28H38Cl4N2O6. The third kappa shape index (κ3) is 13.9. The molecular weight excluding hydrogens is 602 g/mol. The molecule has 0 heterocycles. The zero-order valence-corrected chi connectivity index (χ0v) is 27.1. The summed E-state index contributed by atoms with van der Waals surface area (Å²) in [5, 5.41) is 6.52. The number of unbranched alkanes of at least 4 members (excludes halogenated alkanes) is 1. The van der Waals surface area contributed by atoms with E-state index in [1.54, 1.807) is 65.8 Å². The number of anilines is 2. The zero-order valence-electron chi connectivity index (χ0n) is 24.1. The standard InChI is InChI=1S/C15H21Cl2NO3.C13H17Cl2NO3/c1-5-6-7-20-13-11(16)8-10(9-12(13)17)18-14(19)21-15(2,3)4;1-5-18-11-9(14)6-8(7-10(11)15)16-12(17)19-13(2,3)4/h8-9H,5-7H2,1-4H3,(H,18,19);6-7H,5H2,1-4H3,(H,16,17). The highest BCUT2D eigenvalue weighted by Gasteiger charge is 2.19. The molecule has 2 N–H and O–H groups in total. The highest BCUT2D eigenvalue weighted by Crippen LogP contribution is 2.37. The van der Waals surface area contributed by atoms with Gasteiger partial charge in [0, 0.05) is 11.4 Å². The number of amides is 2. The van der Waals surface area contributed by atoms with Gasteiger partial charge in [-0.05, 0) is 79.2 Å². The Bertz CT molecular complexity index is 1100. The summed E-state index contributed by atoms with van der Waals surface area (Å²) in [6, 6.07) is 6.28. The van der Waals surface area contributed by atoms with E-state index in [0.717, 1.165) is 12.8 Å². The van der Waals surface area contributed by atoms with Crippen molar-refractivity contribution in [3.05, 3.63) is 44.4 Å². The van der Waals surface area contributed by atoms with Gasteiger partial charge in [-0.3, -0.25) is 10.6 Å². The molecule has 0 atom stereocenters. The van der Waals surface area contributed by atoms with Crippen molar-refractivity contribution in [2.45, 2.75) is 79.4 Å². The Morgan fingerprint density at radius 1 is 0.675 bits per heavy atom. The van der Waals surface area contributed by atoms with Crippen LogP contribution in [0.1, 0.15) is 68.2 Å². The molecule has 2 aromatic carbocycles. The van der Waals surface area contributed by atoms with Gasteiger partial charge in [-0.25, -0.2) is 9.59 Å². The van der Waals surface area contributed by atoms with Crippen molar-refractivity contribution < 1.29 is 28.5 Å². The third-order valence-corrected chi connectivity index (χ3v) is 5.44. The third-order valence-electron chi connectivity index (χ3n) is 4.32. The first kappa shape index (κ1) is 35.8. The lowest BCUT2D eigenvalue weighted by molar-refractivity contribution is 0.0624. The van der Waals surface area contributed by atoms with Crippen LogP contribution in [0, 0.1) is 0 Å². The number of rotatable bonds is 8. The molecule has 0 bridgehead atoms. The number of nitrogens with one attached hydrogen (secondary N) is 2. The van der Waals surface area contributed by atoms with E-state index in [1.807, 2.05) is 6.92 Å². The van der Waals surface area contributed by atoms with Gasteiger partial charge in [-0.1, -0.05) is 59.7 Å². The second kappa shape index (κ2) is 16.2. The fourth-order valence-corrected chi connectivity index (χ4v) is 4.04. The summed E-state index contributed by atoms with van der Waals surface area (Å²) in [5.41, 5.74) is -0.223. The quantitative estimate of drug-likeness (QED) is 0.279. The first-order valence-electron chi connectivity index (χ1n) is 12.7. The van der Waals surface area contributed by atoms with E-state index in [0.29, 0.717) is 56.2 Å². The predicted molar refractivity (Wildman–Crippen MR) is 164 cm³/mol. The normalized spacial score (nSPS) is 11.1. The van der Waals surface area contributed by atoms with Gasteiger partial charge in [-0.2, -0.15) is 0 Å². The number of halogens is 4. The van der Waals surface area contributed by atoms with Crippen molar-refractivity contribution in [3.8, 4) is 11.5 Å². The molecule has 224 valence electrons. The van der Waals surface area contributed by atoms with Crippen LogP contribution in [-0.4, -0.2) is 36.6 Å². The number of carbonyl (C=O) groups is 2. The first-order valence-corrected chi connectivity index (χ1v) is 14.2. The van der Waals surface area contributed by atoms with E-state index >= 15 is 0 Å². The molecule has 0 saturated carbocycles. The van der Waals surface area contributed by atoms with Crippen LogP contribution in [0.15, 0.2) is 24.3 Å².